The minimum Gasteiger partial charge on any atom is -0.443 e. The molecule has 0 saturated carbocycles. The van der Waals surface area contributed by atoms with Gasteiger partial charge >= 0.3 is 6.09 Å². The number of amides is 1. The van der Waals surface area contributed by atoms with Gasteiger partial charge in [0.05, 0.1) is 6.61 Å². The molecule has 0 bridgehead atoms. The van der Waals surface area contributed by atoms with Crippen molar-refractivity contribution in [3.63, 3.8) is 0 Å². The van der Waals surface area contributed by atoms with Gasteiger partial charge in [0.1, 0.15) is 17.6 Å². The highest BCUT2D eigenvalue weighted by atomic mass is 19.1. The third-order valence-corrected chi connectivity index (χ3v) is 4.46. The summed E-state index contributed by atoms with van der Waals surface area (Å²) in [6.07, 6.45) is 3.26. The second-order valence-corrected chi connectivity index (χ2v) is 8.23. The number of nitrogens with one attached hydrogen (secondary N) is 1. The van der Waals surface area contributed by atoms with Gasteiger partial charge in [-0.3, -0.25) is 4.90 Å². The molecule has 0 spiro atoms. The van der Waals surface area contributed by atoms with Crippen molar-refractivity contribution in [2.75, 3.05) is 38.3 Å². The van der Waals surface area contributed by atoms with Gasteiger partial charge in [-0.2, -0.15) is 0 Å². The van der Waals surface area contributed by atoms with Gasteiger partial charge in [-0.1, -0.05) is 6.07 Å². The Balaban J connectivity index is 1.85. The van der Waals surface area contributed by atoms with Crippen molar-refractivity contribution >= 4 is 11.9 Å². The number of ether oxygens (including phenoxy) is 2. The first kappa shape index (κ1) is 22.6. The molecule has 0 fully saturated rings. The van der Waals surface area contributed by atoms with E-state index in [1.807, 2.05) is 26.8 Å². The summed E-state index contributed by atoms with van der Waals surface area (Å²) in [7, 11) is 1.50. The molecule has 6 nitrogen and oxygen atoms in total. The average molecular weight is 396 g/mol. The van der Waals surface area contributed by atoms with Gasteiger partial charge < -0.3 is 14.8 Å². The number of carbonyl (C=O) groups is 1. The van der Waals surface area contributed by atoms with E-state index in [9.17, 15) is 9.18 Å². The van der Waals surface area contributed by atoms with Crippen LogP contribution in [-0.2, 0) is 22.3 Å². The van der Waals surface area contributed by atoms with Crippen molar-refractivity contribution in [1.82, 2.24) is 10.3 Å². The van der Waals surface area contributed by atoms with Crippen LogP contribution in [0.1, 0.15) is 51.3 Å². The average Bonchev–Trinajstić information content (AvgIpc) is 2.62. The first-order valence-corrected chi connectivity index (χ1v) is 10.1. The van der Waals surface area contributed by atoms with E-state index in [2.05, 4.69) is 11.4 Å². The van der Waals surface area contributed by atoms with Gasteiger partial charge in [0.25, 0.3) is 0 Å². The number of anilines is 1. The molecule has 1 aliphatic heterocycles. The smallest absolute Gasteiger partial charge is 0.416 e. The number of rotatable bonds is 9. The van der Waals surface area contributed by atoms with Crippen molar-refractivity contribution in [1.29, 1.82) is 0 Å². The van der Waals surface area contributed by atoms with Crippen LogP contribution < -0.4 is 10.2 Å². The lowest BCUT2D eigenvalue weighted by atomic mass is 10.0. The number of pyridine rings is 1. The highest BCUT2D eigenvalue weighted by molar-refractivity contribution is 5.88. The summed E-state index contributed by atoms with van der Waals surface area (Å²) in [6, 6.07) is 4.12. The standard InChI is InChI=1S/C21H34FN3O3/c1-21(2,3)28-20(26)25-13-7-8-16-10-11-18(24-19(16)25)9-5-6-12-23-14-17(22)15-27-4/h10-11,17,23H,5-9,12-15H2,1-4H3. The number of hydrogen-bond donors (Lipinski definition) is 1. The Hall–Kier alpha value is -1.73. The first-order chi connectivity index (χ1) is 13.3. The molecular formula is C21H34FN3O3. The van der Waals surface area contributed by atoms with Crippen LogP contribution in [0.2, 0.25) is 0 Å². The zero-order valence-corrected chi connectivity index (χ0v) is 17.6. The molecule has 1 unspecified atom stereocenters. The monoisotopic (exact) mass is 395 g/mol. The number of methoxy groups -OCH3 is 1. The molecule has 1 amide bonds. The lowest BCUT2D eigenvalue weighted by Crippen LogP contribution is -2.40. The van der Waals surface area contributed by atoms with E-state index < -0.39 is 11.8 Å². The molecule has 1 atom stereocenters. The lowest BCUT2D eigenvalue weighted by Gasteiger charge is -2.31. The summed E-state index contributed by atoms with van der Waals surface area (Å²) in [5.74, 6) is 0.732. The summed E-state index contributed by atoms with van der Waals surface area (Å²) in [5.41, 5.74) is 1.54. The zero-order valence-electron chi connectivity index (χ0n) is 17.6. The molecule has 1 aromatic heterocycles. The zero-order chi connectivity index (χ0) is 20.6. The Morgan fingerprint density at radius 3 is 2.86 bits per heavy atom. The van der Waals surface area contributed by atoms with E-state index in [0.717, 1.165) is 55.7 Å². The molecule has 0 aliphatic carbocycles. The van der Waals surface area contributed by atoms with Crippen molar-refractivity contribution in [3.05, 3.63) is 23.4 Å². The number of aromatic nitrogens is 1. The van der Waals surface area contributed by atoms with Crippen LogP contribution in [0.4, 0.5) is 15.0 Å². The minimum atomic E-state index is -0.967. The second-order valence-electron chi connectivity index (χ2n) is 8.23. The minimum absolute atomic E-state index is 0.125. The first-order valence-electron chi connectivity index (χ1n) is 10.1. The van der Waals surface area contributed by atoms with Crippen molar-refractivity contribution < 1.29 is 18.7 Å². The fourth-order valence-electron chi connectivity index (χ4n) is 3.17. The number of fused-ring (bicyclic) bond motifs is 1. The molecular weight excluding hydrogens is 361 g/mol. The van der Waals surface area contributed by atoms with Crippen LogP contribution in [0.5, 0.6) is 0 Å². The molecule has 0 saturated heterocycles. The summed E-state index contributed by atoms with van der Waals surface area (Å²) in [4.78, 5) is 18.9. The Kier molecular flexibility index (Phi) is 8.63. The topological polar surface area (TPSA) is 63.7 Å². The van der Waals surface area contributed by atoms with Gasteiger partial charge in [0.2, 0.25) is 0 Å². The largest absolute Gasteiger partial charge is 0.443 e. The number of nitrogens with zero attached hydrogens (tertiary/aromatic N) is 2. The van der Waals surface area contributed by atoms with Crippen molar-refractivity contribution in [2.45, 2.75) is 64.6 Å². The van der Waals surface area contributed by atoms with E-state index in [4.69, 9.17) is 14.5 Å². The second kappa shape index (κ2) is 10.7. The third kappa shape index (κ3) is 7.36. The van der Waals surface area contributed by atoms with Gasteiger partial charge in [-0.25, -0.2) is 14.2 Å². The molecule has 2 rings (SSSR count). The van der Waals surface area contributed by atoms with E-state index in [1.54, 1.807) is 4.90 Å². The summed E-state index contributed by atoms with van der Waals surface area (Å²) in [6.45, 7) is 7.44. The number of halogens is 1. The van der Waals surface area contributed by atoms with Crippen molar-refractivity contribution in [2.24, 2.45) is 0 Å². The Bertz CT molecular complexity index is 634. The number of hydrogen-bond acceptors (Lipinski definition) is 5. The number of aryl methyl sites for hydroxylation is 2. The van der Waals surface area contributed by atoms with E-state index >= 15 is 0 Å². The Morgan fingerprint density at radius 1 is 1.36 bits per heavy atom. The summed E-state index contributed by atoms with van der Waals surface area (Å²) >= 11 is 0. The molecule has 0 radical (unpaired) electrons. The fourth-order valence-corrected chi connectivity index (χ4v) is 3.17. The van der Waals surface area contributed by atoms with Gasteiger partial charge in [-0.05, 0) is 71.0 Å². The van der Waals surface area contributed by atoms with E-state index in [-0.39, 0.29) is 12.7 Å². The summed E-state index contributed by atoms with van der Waals surface area (Å²) in [5, 5.41) is 3.11. The Morgan fingerprint density at radius 2 is 2.14 bits per heavy atom. The molecule has 1 N–H and O–H groups in total. The number of alkyl halides is 1. The SMILES string of the molecule is COCC(F)CNCCCCc1ccc2c(n1)N(C(=O)OC(C)(C)C)CCC2. The highest BCUT2D eigenvalue weighted by Crippen LogP contribution is 2.27. The van der Waals surface area contributed by atoms with E-state index in [1.165, 1.54) is 7.11 Å². The van der Waals surface area contributed by atoms with Gasteiger partial charge in [0.15, 0.2) is 0 Å². The predicted molar refractivity (Wildman–Crippen MR) is 109 cm³/mol. The molecule has 7 heteroatoms. The molecule has 0 aromatic carbocycles. The maximum atomic E-state index is 13.3. The van der Waals surface area contributed by atoms with E-state index in [0.29, 0.717) is 13.1 Å². The predicted octanol–water partition coefficient (Wildman–Crippen LogP) is 3.67. The maximum Gasteiger partial charge on any atom is 0.416 e. The van der Waals surface area contributed by atoms with Crippen LogP contribution in [0.3, 0.4) is 0 Å². The molecule has 1 aromatic rings. The van der Waals surface area contributed by atoms with Crippen LogP contribution >= 0.6 is 0 Å². The van der Waals surface area contributed by atoms with Crippen LogP contribution in [-0.4, -0.2) is 56.2 Å². The normalized spacial score (nSPS) is 15.2. The maximum absolute atomic E-state index is 13.3. The van der Waals surface area contributed by atoms with Gasteiger partial charge in [0, 0.05) is 25.9 Å². The van der Waals surface area contributed by atoms with Crippen LogP contribution in [0, 0.1) is 0 Å². The number of carbonyl (C=O) groups excluding carboxylic acids is 1. The molecule has 1 aliphatic rings. The highest BCUT2D eigenvalue weighted by Gasteiger charge is 2.28. The lowest BCUT2D eigenvalue weighted by molar-refractivity contribution is 0.0576. The van der Waals surface area contributed by atoms with Gasteiger partial charge in [-0.15, -0.1) is 0 Å². The third-order valence-electron chi connectivity index (χ3n) is 4.46. The summed E-state index contributed by atoms with van der Waals surface area (Å²) < 4.78 is 23.6. The van der Waals surface area contributed by atoms with Crippen LogP contribution in [0.25, 0.3) is 0 Å². The fraction of sp³-hybridized carbons (Fsp3) is 0.714. The number of unbranched alkanes of at least 4 members (excludes halogenated alkanes) is 1. The van der Waals surface area contributed by atoms with Crippen LogP contribution in [0.15, 0.2) is 12.1 Å². The quantitative estimate of drug-likeness (QED) is 0.647. The Labute approximate surface area is 167 Å². The molecule has 158 valence electrons. The van der Waals surface area contributed by atoms with Crippen molar-refractivity contribution in [3.8, 4) is 0 Å². The molecule has 2 heterocycles. The molecule has 28 heavy (non-hydrogen) atoms.